The van der Waals surface area contributed by atoms with E-state index in [0.29, 0.717) is 6.54 Å². The van der Waals surface area contributed by atoms with E-state index in [1.54, 1.807) is 0 Å². The van der Waals surface area contributed by atoms with Crippen molar-refractivity contribution in [2.75, 3.05) is 11.9 Å². The maximum atomic E-state index is 11.7. The minimum absolute atomic E-state index is 0.0488. The lowest BCUT2D eigenvalue weighted by atomic mass is 10.1. The van der Waals surface area contributed by atoms with Gasteiger partial charge in [-0.2, -0.15) is 0 Å². The third-order valence-electron chi connectivity index (χ3n) is 2.88. The largest absolute Gasteiger partial charge is 0.392 e. The molecule has 0 saturated carbocycles. The van der Waals surface area contributed by atoms with Crippen molar-refractivity contribution in [2.45, 2.75) is 13.2 Å². The van der Waals surface area contributed by atoms with E-state index in [1.165, 1.54) is 0 Å². The fourth-order valence-electron chi connectivity index (χ4n) is 1.81. The number of carbonyl (C=O) groups excluding carboxylic acids is 1. The van der Waals surface area contributed by atoms with Crippen LogP contribution >= 0.6 is 0 Å². The first-order valence-electron chi connectivity index (χ1n) is 6.52. The van der Waals surface area contributed by atoms with Gasteiger partial charge in [0.2, 0.25) is 5.91 Å². The van der Waals surface area contributed by atoms with E-state index in [9.17, 15) is 4.79 Å². The smallest absolute Gasteiger partial charge is 0.238 e. The van der Waals surface area contributed by atoms with Crippen LogP contribution < -0.4 is 10.6 Å². The van der Waals surface area contributed by atoms with Crippen LogP contribution in [0.5, 0.6) is 0 Å². The molecule has 20 heavy (non-hydrogen) atoms. The summed E-state index contributed by atoms with van der Waals surface area (Å²) in [5, 5.41) is 14.8. The Hall–Kier alpha value is -2.17. The molecule has 104 valence electrons. The fourth-order valence-corrected chi connectivity index (χ4v) is 1.81. The number of hydrogen-bond donors (Lipinski definition) is 3. The average Bonchev–Trinajstić information content (AvgIpc) is 2.49. The van der Waals surface area contributed by atoms with Crippen molar-refractivity contribution < 1.29 is 9.90 Å². The van der Waals surface area contributed by atoms with Crippen LogP contribution in [0.25, 0.3) is 0 Å². The molecule has 0 aromatic heterocycles. The minimum Gasteiger partial charge on any atom is -0.392 e. The van der Waals surface area contributed by atoms with E-state index < -0.39 is 0 Å². The van der Waals surface area contributed by atoms with Crippen molar-refractivity contribution in [1.82, 2.24) is 5.32 Å². The van der Waals surface area contributed by atoms with E-state index in [1.807, 2.05) is 54.6 Å². The zero-order chi connectivity index (χ0) is 14.2. The van der Waals surface area contributed by atoms with Gasteiger partial charge in [-0.15, -0.1) is 0 Å². The molecule has 4 nitrogen and oxygen atoms in total. The van der Waals surface area contributed by atoms with Crippen LogP contribution in [-0.4, -0.2) is 17.6 Å². The Morgan fingerprint density at radius 3 is 2.25 bits per heavy atom. The number of amides is 1. The normalized spacial score (nSPS) is 10.2. The van der Waals surface area contributed by atoms with E-state index in [4.69, 9.17) is 5.11 Å². The molecule has 2 rings (SSSR count). The van der Waals surface area contributed by atoms with Crippen molar-refractivity contribution >= 4 is 11.6 Å². The Kier molecular flexibility index (Phi) is 5.29. The van der Waals surface area contributed by atoms with Crippen LogP contribution in [0.4, 0.5) is 5.69 Å². The third kappa shape index (κ3) is 4.50. The molecule has 4 heteroatoms. The number of carbonyl (C=O) groups is 1. The molecule has 2 aromatic carbocycles. The molecular weight excluding hydrogens is 252 g/mol. The molecule has 0 radical (unpaired) electrons. The molecule has 0 saturated heterocycles. The van der Waals surface area contributed by atoms with Crippen LogP contribution in [0.3, 0.4) is 0 Å². The van der Waals surface area contributed by atoms with Crippen LogP contribution in [0, 0.1) is 0 Å². The van der Waals surface area contributed by atoms with Gasteiger partial charge in [-0.05, 0) is 23.3 Å². The molecule has 0 bridgehead atoms. The highest BCUT2D eigenvalue weighted by atomic mass is 16.3. The van der Waals surface area contributed by atoms with Crippen LogP contribution in [0.1, 0.15) is 11.1 Å². The lowest BCUT2D eigenvalue weighted by Crippen LogP contribution is -2.27. The summed E-state index contributed by atoms with van der Waals surface area (Å²) in [5.74, 6) is -0.0665. The van der Waals surface area contributed by atoms with Crippen molar-refractivity contribution in [3.05, 3.63) is 65.7 Å². The van der Waals surface area contributed by atoms with Gasteiger partial charge < -0.3 is 15.7 Å². The second kappa shape index (κ2) is 7.43. The quantitative estimate of drug-likeness (QED) is 0.751. The average molecular weight is 270 g/mol. The highest BCUT2D eigenvalue weighted by Gasteiger charge is 2.01. The first-order valence-corrected chi connectivity index (χ1v) is 6.52. The summed E-state index contributed by atoms with van der Waals surface area (Å²) in [7, 11) is 0. The van der Waals surface area contributed by atoms with E-state index >= 15 is 0 Å². The number of hydrogen-bond acceptors (Lipinski definition) is 3. The molecule has 3 N–H and O–H groups in total. The van der Waals surface area contributed by atoms with Gasteiger partial charge >= 0.3 is 0 Å². The van der Waals surface area contributed by atoms with Gasteiger partial charge in [0.1, 0.15) is 0 Å². The number of aliphatic hydroxyl groups is 1. The predicted molar refractivity (Wildman–Crippen MR) is 79.1 cm³/mol. The predicted octanol–water partition coefficient (Wildman–Crippen LogP) is 1.91. The summed E-state index contributed by atoms with van der Waals surface area (Å²) in [6.07, 6.45) is 0. The number of benzene rings is 2. The zero-order valence-electron chi connectivity index (χ0n) is 11.2. The van der Waals surface area contributed by atoms with Crippen LogP contribution in [0.15, 0.2) is 54.6 Å². The third-order valence-corrected chi connectivity index (χ3v) is 2.88. The van der Waals surface area contributed by atoms with Gasteiger partial charge in [0.25, 0.3) is 0 Å². The Morgan fingerprint density at radius 2 is 1.60 bits per heavy atom. The number of rotatable bonds is 6. The van der Waals surface area contributed by atoms with E-state index in [-0.39, 0.29) is 19.1 Å². The molecule has 0 aliphatic rings. The van der Waals surface area contributed by atoms with Gasteiger partial charge in [0, 0.05) is 12.2 Å². The summed E-state index contributed by atoms with van der Waals surface area (Å²) in [6.45, 7) is 0.928. The molecule has 0 fully saturated rings. The van der Waals surface area contributed by atoms with Crippen molar-refractivity contribution in [3.8, 4) is 0 Å². The highest BCUT2D eigenvalue weighted by molar-refractivity contribution is 5.92. The van der Waals surface area contributed by atoms with Crippen LogP contribution in [-0.2, 0) is 17.9 Å². The minimum atomic E-state index is -0.0665. The zero-order valence-corrected chi connectivity index (χ0v) is 11.2. The van der Waals surface area contributed by atoms with Crippen molar-refractivity contribution in [2.24, 2.45) is 0 Å². The monoisotopic (exact) mass is 270 g/mol. The van der Waals surface area contributed by atoms with Crippen molar-refractivity contribution in [1.29, 1.82) is 0 Å². The topological polar surface area (TPSA) is 61.4 Å². The maximum absolute atomic E-state index is 11.7. The maximum Gasteiger partial charge on any atom is 0.238 e. The van der Waals surface area contributed by atoms with Gasteiger partial charge in [-0.1, -0.05) is 42.5 Å². The molecular formula is C16H18N2O2. The van der Waals surface area contributed by atoms with Gasteiger partial charge in [0.05, 0.1) is 13.2 Å². The lowest BCUT2D eigenvalue weighted by molar-refractivity contribution is -0.115. The molecule has 2 aromatic rings. The van der Waals surface area contributed by atoms with Crippen LogP contribution in [0.2, 0.25) is 0 Å². The Labute approximate surface area is 118 Å². The molecule has 1 amide bonds. The van der Waals surface area contributed by atoms with Gasteiger partial charge in [-0.3, -0.25) is 4.79 Å². The fraction of sp³-hybridized carbons (Fsp3) is 0.188. The molecule has 0 heterocycles. The summed E-state index contributed by atoms with van der Waals surface area (Å²) in [5.41, 5.74) is 2.76. The number of aliphatic hydroxyl groups excluding tert-OH is 1. The highest BCUT2D eigenvalue weighted by Crippen LogP contribution is 2.05. The molecule has 0 spiro atoms. The Bertz CT molecular complexity index is 538. The second-order valence-corrected chi connectivity index (χ2v) is 4.49. The summed E-state index contributed by atoms with van der Waals surface area (Å²) in [6, 6.07) is 17.0. The van der Waals surface area contributed by atoms with Gasteiger partial charge in [0.15, 0.2) is 0 Å². The summed E-state index contributed by atoms with van der Waals surface area (Å²) in [4.78, 5) is 11.7. The number of nitrogens with one attached hydrogen (secondary N) is 2. The Balaban J connectivity index is 1.73. The SMILES string of the molecule is O=C(CNCc1ccc(CO)cc1)Nc1ccccc1. The Morgan fingerprint density at radius 1 is 0.950 bits per heavy atom. The first-order chi connectivity index (χ1) is 9.78. The molecule has 0 aliphatic heterocycles. The standard InChI is InChI=1S/C16H18N2O2/c19-12-14-8-6-13(7-9-14)10-17-11-16(20)18-15-4-2-1-3-5-15/h1-9,17,19H,10-12H2,(H,18,20). The molecule has 0 unspecified atom stereocenters. The van der Waals surface area contributed by atoms with Crippen molar-refractivity contribution in [3.63, 3.8) is 0 Å². The number of anilines is 1. The molecule has 0 atom stereocenters. The lowest BCUT2D eigenvalue weighted by Gasteiger charge is -2.07. The summed E-state index contributed by atoms with van der Waals surface area (Å²) >= 11 is 0. The van der Waals surface area contributed by atoms with Gasteiger partial charge in [-0.25, -0.2) is 0 Å². The second-order valence-electron chi connectivity index (χ2n) is 4.49. The number of para-hydroxylation sites is 1. The van der Waals surface area contributed by atoms with E-state index in [0.717, 1.165) is 16.8 Å². The first kappa shape index (κ1) is 14.2. The molecule has 0 aliphatic carbocycles. The van der Waals surface area contributed by atoms with E-state index in [2.05, 4.69) is 10.6 Å². The summed E-state index contributed by atoms with van der Waals surface area (Å²) < 4.78 is 0.